The van der Waals surface area contributed by atoms with Crippen LogP contribution in [-0.2, 0) is 4.79 Å². The monoisotopic (exact) mass is 336 g/mol. The summed E-state index contributed by atoms with van der Waals surface area (Å²) < 4.78 is 0. The van der Waals surface area contributed by atoms with E-state index in [4.69, 9.17) is 23.2 Å². The van der Waals surface area contributed by atoms with Gasteiger partial charge in [0.25, 0.3) is 5.91 Å². The number of hydrogen-bond donors (Lipinski definition) is 2. The second-order valence-electron chi connectivity index (χ2n) is 4.58. The molecule has 0 atom stereocenters. The molecule has 0 aliphatic carbocycles. The molecule has 2 amide bonds. The standard InChI is InChI=1S/C16H14Cl2N2O2/c17-12-8-13(18)10-14(9-12)20-15(21)6-7-19-16(22)11-4-2-1-3-5-11/h1-5,8-10H,6-7H2,(H,19,22)(H,20,21). The van der Waals surface area contributed by atoms with Crippen molar-refractivity contribution in [3.05, 3.63) is 64.1 Å². The number of benzene rings is 2. The minimum Gasteiger partial charge on any atom is -0.352 e. The summed E-state index contributed by atoms with van der Waals surface area (Å²) in [4.78, 5) is 23.6. The smallest absolute Gasteiger partial charge is 0.251 e. The first-order valence-corrected chi connectivity index (χ1v) is 7.39. The van der Waals surface area contributed by atoms with Crippen molar-refractivity contribution in [2.75, 3.05) is 11.9 Å². The second-order valence-corrected chi connectivity index (χ2v) is 5.45. The van der Waals surface area contributed by atoms with Gasteiger partial charge in [-0.1, -0.05) is 41.4 Å². The van der Waals surface area contributed by atoms with Crippen molar-refractivity contribution in [2.24, 2.45) is 0 Å². The van der Waals surface area contributed by atoms with Gasteiger partial charge in [0.15, 0.2) is 0 Å². The fourth-order valence-corrected chi connectivity index (χ4v) is 2.36. The second kappa shape index (κ2) is 7.82. The van der Waals surface area contributed by atoms with E-state index in [1.807, 2.05) is 6.07 Å². The van der Waals surface area contributed by atoms with Crippen LogP contribution in [0.15, 0.2) is 48.5 Å². The molecule has 6 heteroatoms. The molecular weight excluding hydrogens is 323 g/mol. The topological polar surface area (TPSA) is 58.2 Å². The minimum atomic E-state index is -0.230. The van der Waals surface area contributed by atoms with Gasteiger partial charge in [-0.3, -0.25) is 9.59 Å². The van der Waals surface area contributed by atoms with Crippen LogP contribution in [0, 0.1) is 0 Å². The molecule has 4 nitrogen and oxygen atoms in total. The van der Waals surface area contributed by atoms with Gasteiger partial charge in [0.05, 0.1) is 0 Å². The Balaban J connectivity index is 1.79. The number of halogens is 2. The van der Waals surface area contributed by atoms with E-state index in [1.54, 1.807) is 42.5 Å². The molecule has 0 spiro atoms. The summed E-state index contributed by atoms with van der Waals surface area (Å²) in [6, 6.07) is 13.6. The van der Waals surface area contributed by atoms with Gasteiger partial charge in [0, 0.05) is 34.3 Å². The van der Waals surface area contributed by atoms with Crippen molar-refractivity contribution in [1.82, 2.24) is 5.32 Å². The zero-order chi connectivity index (χ0) is 15.9. The van der Waals surface area contributed by atoms with Gasteiger partial charge in [0.1, 0.15) is 0 Å². The summed E-state index contributed by atoms with van der Waals surface area (Å²) in [6.07, 6.45) is 0.155. The summed E-state index contributed by atoms with van der Waals surface area (Å²) in [6.45, 7) is 0.244. The van der Waals surface area contributed by atoms with Gasteiger partial charge in [-0.15, -0.1) is 0 Å². The lowest BCUT2D eigenvalue weighted by Gasteiger charge is -2.07. The van der Waals surface area contributed by atoms with E-state index in [9.17, 15) is 9.59 Å². The van der Waals surface area contributed by atoms with Gasteiger partial charge < -0.3 is 10.6 Å². The summed E-state index contributed by atoms with van der Waals surface area (Å²) >= 11 is 11.7. The Hall–Kier alpha value is -2.04. The molecule has 2 aromatic carbocycles. The molecule has 0 aliphatic rings. The quantitative estimate of drug-likeness (QED) is 0.873. The third-order valence-electron chi connectivity index (χ3n) is 2.82. The Kier molecular flexibility index (Phi) is 5.81. The molecule has 0 fully saturated rings. The molecule has 0 saturated carbocycles. The number of rotatable bonds is 5. The lowest BCUT2D eigenvalue weighted by molar-refractivity contribution is -0.116. The summed E-state index contributed by atoms with van der Waals surface area (Å²) in [5, 5.41) is 6.25. The van der Waals surface area contributed by atoms with Gasteiger partial charge >= 0.3 is 0 Å². The number of carbonyl (C=O) groups is 2. The normalized spacial score (nSPS) is 10.1. The zero-order valence-corrected chi connectivity index (χ0v) is 13.1. The minimum absolute atomic E-state index is 0.155. The number of amides is 2. The van der Waals surface area contributed by atoms with Gasteiger partial charge in [0.2, 0.25) is 5.91 Å². The van der Waals surface area contributed by atoms with E-state index in [0.29, 0.717) is 21.3 Å². The first-order chi connectivity index (χ1) is 10.5. The number of anilines is 1. The molecule has 0 heterocycles. The van der Waals surface area contributed by atoms with Gasteiger partial charge in [-0.25, -0.2) is 0 Å². The molecule has 0 aliphatic heterocycles. The molecule has 0 bridgehead atoms. The SMILES string of the molecule is O=C(CCNC(=O)c1ccccc1)Nc1cc(Cl)cc(Cl)c1. The summed E-state index contributed by atoms with van der Waals surface area (Å²) in [5.74, 6) is -0.439. The molecule has 0 saturated heterocycles. The highest BCUT2D eigenvalue weighted by Crippen LogP contribution is 2.22. The summed E-state index contributed by atoms with van der Waals surface area (Å²) in [5.41, 5.74) is 1.08. The average Bonchev–Trinajstić information content (AvgIpc) is 2.47. The fraction of sp³-hybridized carbons (Fsp3) is 0.125. The van der Waals surface area contributed by atoms with Crippen LogP contribution in [-0.4, -0.2) is 18.4 Å². The van der Waals surface area contributed by atoms with Crippen LogP contribution in [0.1, 0.15) is 16.8 Å². The van der Waals surface area contributed by atoms with Crippen LogP contribution >= 0.6 is 23.2 Å². The van der Waals surface area contributed by atoms with E-state index in [-0.39, 0.29) is 24.8 Å². The average molecular weight is 337 g/mol. The van der Waals surface area contributed by atoms with E-state index in [2.05, 4.69) is 10.6 Å². The van der Waals surface area contributed by atoms with E-state index in [1.165, 1.54) is 0 Å². The van der Waals surface area contributed by atoms with Crippen LogP contribution < -0.4 is 10.6 Å². The lowest BCUT2D eigenvalue weighted by Crippen LogP contribution is -2.27. The number of hydrogen-bond acceptors (Lipinski definition) is 2. The molecular formula is C16H14Cl2N2O2. The Labute approximate surface area is 138 Å². The van der Waals surface area contributed by atoms with Crippen LogP contribution in [0.25, 0.3) is 0 Å². The molecule has 2 aromatic rings. The van der Waals surface area contributed by atoms with Gasteiger partial charge in [-0.2, -0.15) is 0 Å². The maximum atomic E-state index is 11.8. The van der Waals surface area contributed by atoms with Crippen LogP contribution in [0.4, 0.5) is 5.69 Å². The first-order valence-electron chi connectivity index (χ1n) is 6.64. The Bertz CT molecular complexity index is 655. The van der Waals surface area contributed by atoms with E-state index < -0.39 is 0 Å². The van der Waals surface area contributed by atoms with Crippen molar-refractivity contribution in [2.45, 2.75) is 6.42 Å². The third kappa shape index (κ3) is 5.06. The molecule has 2 N–H and O–H groups in total. The number of nitrogens with one attached hydrogen (secondary N) is 2. The van der Waals surface area contributed by atoms with Crippen molar-refractivity contribution in [3.8, 4) is 0 Å². The van der Waals surface area contributed by atoms with Crippen molar-refractivity contribution in [1.29, 1.82) is 0 Å². The van der Waals surface area contributed by atoms with Crippen LogP contribution in [0.5, 0.6) is 0 Å². The van der Waals surface area contributed by atoms with E-state index >= 15 is 0 Å². The summed E-state index contributed by atoms with van der Waals surface area (Å²) in [7, 11) is 0. The predicted octanol–water partition coefficient (Wildman–Crippen LogP) is 3.75. The van der Waals surface area contributed by atoms with Gasteiger partial charge in [-0.05, 0) is 30.3 Å². The third-order valence-corrected chi connectivity index (χ3v) is 3.26. The predicted molar refractivity (Wildman–Crippen MR) is 88.5 cm³/mol. The molecule has 114 valence electrons. The largest absolute Gasteiger partial charge is 0.352 e. The van der Waals surface area contributed by atoms with Crippen molar-refractivity contribution < 1.29 is 9.59 Å². The Morgan fingerprint density at radius 2 is 1.59 bits per heavy atom. The molecule has 2 rings (SSSR count). The highest BCUT2D eigenvalue weighted by molar-refractivity contribution is 6.35. The molecule has 0 unspecified atom stereocenters. The highest BCUT2D eigenvalue weighted by Gasteiger charge is 2.07. The van der Waals surface area contributed by atoms with Crippen LogP contribution in [0.2, 0.25) is 10.0 Å². The Morgan fingerprint density at radius 3 is 2.23 bits per heavy atom. The van der Waals surface area contributed by atoms with Crippen molar-refractivity contribution >= 4 is 40.7 Å². The fourth-order valence-electron chi connectivity index (χ4n) is 1.83. The van der Waals surface area contributed by atoms with E-state index in [0.717, 1.165) is 0 Å². The zero-order valence-electron chi connectivity index (χ0n) is 11.6. The van der Waals surface area contributed by atoms with Crippen LogP contribution in [0.3, 0.4) is 0 Å². The number of carbonyl (C=O) groups excluding carboxylic acids is 2. The highest BCUT2D eigenvalue weighted by atomic mass is 35.5. The molecule has 22 heavy (non-hydrogen) atoms. The lowest BCUT2D eigenvalue weighted by atomic mass is 10.2. The maximum absolute atomic E-state index is 11.8. The molecule has 0 aromatic heterocycles. The molecule has 0 radical (unpaired) electrons. The first kappa shape index (κ1) is 16.3. The maximum Gasteiger partial charge on any atom is 0.251 e. The van der Waals surface area contributed by atoms with Crippen molar-refractivity contribution in [3.63, 3.8) is 0 Å². The Morgan fingerprint density at radius 1 is 0.955 bits per heavy atom.